The van der Waals surface area contributed by atoms with Crippen LogP contribution < -0.4 is 9.83 Å². The molecule has 0 radical (unpaired) electrons. The molecule has 0 saturated heterocycles. The van der Waals surface area contributed by atoms with E-state index >= 15 is 0 Å². The molecule has 2 aromatic carbocycles. The zero-order chi connectivity index (χ0) is 14.0. The first-order valence-corrected chi connectivity index (χ1v) is 7.63. The van der Waals surface area contributed by atoms with Crippen LogP contribution in [0.4, 0.5) is 0 Å². The van der Waals surface area contributed by atoms with Crippen molar-refractivity contribution in [2.45, 2.75) is 20.8 Å². The summed E-state index contributed by atoms with van der Waals surface area (Å²) in [7, 11) is -3.82. The Morgan fingerprint density at radius 2 is 1.58 bits per heavy atom. The monoisotopic (exact) mass is 276 g/mol. The summed E-state index contributed by atoms with van der Waals surface area (Å²) in [4.78, 5) is 10.0. The third-order valence-electron chi connectivity index (χ3n) is 3.07. The smallest absolute Gasteiger partial charge is 0.408 e. The van der Waals surface area contributed by atoms with Gasteiger partial charge in [0.05, 0.1) is 5.30 Å². The van der Waals surface area contributed by atoms with Crippen LogP contribution in [-0.4, -0.2) is 4.89 Å². The Bertz CT molecular complexity index is 632. The summed E-state index contributed by atoms with van der Waals surface area (Å²) in [6.45, 7) is 5.85. The van der Waals surface area contributed by atoms with Crippen molar-refractivity contribution in [2.75, 3.05) is 0 Å². The molecule has 0 aromatic heterocycles. The Morgan fingerprint density at radius 3 is 2.16 bits per heavy atom. The van der Waals surface area contributed by atoms with Crippen LogP contribution >= 0.6 is 7.60 Å². The maximum absolute atomic E-state index is 12.2. The average molecular weight is 276 g/mol. The molecule has 100 valence electrons. The van der Waals surface area contributed by atoms with E-state index in [-0.39, 0.29) is 0 Å². The molecule has 4 heteroatoms. The van der Waals surface area contributed by atoms with Crippen molar-refractivity contribution in [3.05, 3.63) is 59.2 Å². The van der Waals surface area contributed by atoms with Gasteiger partial charge in [-0.05, 0) is 56.2 Å². The molecule has 0 heterocycles. The van der Waals surface area contributed by atoms with Crippen molar-refractivity contribution in [2.24, 2.45) is 0 Å². The Kier molecular flexibility index (Phi) is 3.79. The van der Waals surface area contributed by atoms with E-state index in [1.54, 1.807) is 36.4 Å². The molecule has 0 fully saturated rings. The number of hydrogen-bond acceptors (Lipinski definition) is 2. The third kappa shape index (κ3) is 3.25. The van der Waals surface area contributed by atoms with E-state index < -0.39 is 7.60 Å². The van der Waals surface area contributed by atoms with Crippen LogP contribution in [0.3, 0.4) is 0 Å². The van der Waals surface area contributed by atoms with Crippen LogP contribution in [0.1, 0.15) is 16.7 Å². The van der Waals surface area contributed by atoms with Gasteiger partial charge in [0, 0.05) is 0 Å². The molecule has 0 aliphatic heterocycles. The van der Waals surface area contributed by atoms with Gasteiger partial charge in [0.15, 0.2) is 0 Å². The molecule has 1 unspecified atom stereocenters. The molecular weight excluding hydrogens is 259 g/mol. The van der Waals surface area contributed by atoms with E-state index in [0.717, 1.165) is 16.7 Å². The number of benzene rings is 2. The Morgan fingerprint density at radius 1 is 0.947 bits per heavy atom. The van der Waals surface area contributed by atoms with Crippen molar-refractivity contribution in [3.63, 3.8) is 0 Å². The summed E-state index contributed by atoms with van der Waals surface area (Å²) in [5.41, 5.74) is 3.19. The van der Waals surface area contributed by atoms with Crippen LogP contribution in [0.25, 0.3) is 0 Å². The molecule has 19 heavy (non-hydrogen) atoms. The lowest BCUT2D eigenvalue weighted by atomic mass is 10.1. The molecular formula is C15H17O3P. The molecule has 2 rings (SSSR count). The van der Waals surface area contributed by atoms with Gasteiger partial charge < -0.3 is 9.42 Å². The lowest BCUT2D eigenvalue weighted by molar-refractivity contribution is 0.393. The van der Waals surface area contributed by atoms with Crippen molar-refractivity contribution in [1.29, 1.82) is 0 Å². The largest absolute Gasteiger partial charge is 0.421 e. The fourth-order valence-corrected chi connectivity index (χ4v) is 2.73. The average Bonchev–Trinajstić information content (AvgIpc) is 2.34. The minimum atomic E-state index is -3.82. The fraction of sp³-hybridized carbons (Fsp3) is 0.200. The van der Waals surface area contributed by atoms with Crippen molar-refractivity contribution < 1.29 is 14.0 Å². The summed E-state index contributed by atoms with van der Waals surface area (Å²) in [5.74, 6) is 0.412. The lowest BCUT2D eigenvalue weighted by Gasteiger charge is -2.14. The molecule has 1 atom stereocenters. The first-order valence-electron chi connectivity index (χ1n) is 6.05. The summed E-state index contributed by atoms with van der Waals surface area (Å²) < 4.78 is 17.5. The van der Waals surface area contributed by atoms with E-state index in [1.165, 1.54) is 0 Å². The highest BCUT2D eigenvalue weighted by molar-refractivity contribution is 7.61. The Labute approximate surface area is 113 Å². The highest BCUT2D eigenvalue weighted by atomic mass is 31.2. The molecule has 3 nitrogen and oxygen atoms in total. The van der Waals surface area contributed by atoms with E-state index in [0.29, 0.717) is 11.1 Å². The van der Waals surface area contributed by atoms with E-state index in [9.17, 15) is 9.46 Å². The third-order valence-corrected chi connectivity index (χ3v) is 4.48. The standard InChI is InChI=1S/C15H17O3P/c1-11-4-8-15(9-5-11)19(16,17)18-14-7-6-12(2)13(3)10-14/h4-10H,1-3H3,(H,16,17). The van der Waals surface area contributed by atoms with Crippen LogP contribution in [0.15, 0.2) is 42.5 Å². The minimum absolute atomic E-state index is 0.302. The van der Waals surface area contributed by atoms with Crippen molar-refractivity contribution in [1.82, 2.24) is 0 Å². The van der Waals surface area contributed by atoms with E-state index in [4.69, 9.17) is 4.52 Å². The van der Waals surface area contributed by atoms with Crippen LogP contribution in [0.5, 0.6) is 5.75 Å². The second-order valence-corrected chi connectivity index (χ2v) is 6.43. The SMILES string of the molecule is Cc1ccc(P(=O)(O)Oc2ccc(C)c(C)c2)cc1. The summed E-state index contributed by atoms with van der Waals surface area (Å²) in [6, 6.07) is 12.2. The first-order chi connectivity index (χ1) is 8.88. The Hall–Kier alpha value is -1.57. The highest BCUT2D eigenvalue weighted by Crippen LogP contribution is 2.41. The molecule has 1 N–H and O–H groups in total. The van der Waals surface area contributed by atoms with Crippen LogP contribution in [0.2, 0.25) is 0 Å². The van der Waals surface area contributed by atoms with Crippen LogP contribution in [0, 0.1) is 20.8 Å². The number of rotatable bonds is 3. The van der Waals surface area contributed by atoms with Gasteiger partial charge in [0.25, 0.3) is 0 Å². The molecule has 2 aromatic rings. The van der Waals surface area contributed by atoms with E-state index in [2.05, 4.69) is 0 Å². The Balaban J connectivity index is 2.27. The second kappa shape index (κ2) is 5.20. The fourth-order valence-electron chi connectivity index (χ4n) is 1.70. The molecule has 0 aliphatic rings. The first kappa shape index (κ1) is 13.9. The minimum Gasteiger partial charge on any atom is -0.421 e. The summed E-state index contributed by atoms with van der Waals surface area (Å²) in [5, 5.41) is 0.302. The predicted molar refractivity (Wildman–Crippen MR) is 77.2 cm³/mol. The normalized spacial score (nSPS) is 13.9. The van der Waals surface area contributed by atoms with Gasteiger partial charge in [-0.2, -0.15) is 0 Å². The molecule has 0 saturated carbocycles. The van der Waals surface area contributed by atoms with Gasteiger partial charge in [-0.1, -0.05) is 23.8 Å². The number of hydrogen-bond donors (Lipinski definition) is 1. The predicted octanol–water partition coefficient (Wildman–Crippen LogP) is 3.50. The maximum atomic E-state index is 12.2. The van der Waals surface area contributed by atoms with Gasteiger partial charge >= 0.3 is 7.60 Å². The van der Waals surface area contributed by atoms with Gasteiger partial charge in [0.2, 0.25) is 0 Å². The lowest BCUT2D eigenvalue weighted by Crippen LogP contribution is -2.09. The quantitative estimate of drug-likeness (QED) is 0.873. The summed E-state index contributed by atoms with van der Waals surface area (Å²) in [6.07, 6.45) is 0. The molecule has 0 aliphatic carbocycles. The highest BCUT2D eigenvalue weighted by Gasteiger charge is 2.24. The van der Waals surface area contributed by atoms with Gasteiger partial charge in [-0.15, -0.1) is 0 Å². The molecule has 0 spiro atoms. The van der Waals surface area contributed by atoms with Gasteiger partial charge in [-0.3, -0.25) is 0 Å². The van der Waals surface area contributed by atoms with E-state index in [1.807, 2.05) is 26.8 Å². The zero-order valence-corrected chi connectivity index (χ0v) is 12.1. The van der Waals surface area contributed by atoms with Crippen LogP contribution in [-0.2, 0) is 4.57 Å². The zero-order valence-electron chi connectivity index (χ0n) is 11.3. The van der Waals surface area contributed by atoms with Crippen molar-refractivity contribution in [3.8, 4) is 5.75 Å². The topological polar surface area (TPSA) is 46.5 Å². The number of aryl methyl sites for hydroxylation is 3. The van der Waals surface area contributed by atoms with Crippen molar-refractivity contribution >= 4 is 12.9 Å². The maximum Gasteiger partial charge on any atom is 0.408 e. The second-order valence-electron chi connectivity index (χ2n) is 4.69. The van der Waals surface area contributed by atoms with Gasteiger partial charge in [-0.25, -0.2) is 4.57 Å². The molecule has 0 amide bonds. The van der Waals surface area contributed by atoms with Gasteiger partial charge in [0.1, 0.15) is 5.75 Å². The summed E-state index contributed by atoms with van der Waals surface area (Å²) >= 11 is 0. The molecule has 0 bridgehead atoms.